The van der Waals surface area contributed by atoms with Crippen LogP contribution in [0.3, 0.4) is 0 Å². The van der Waals surface area contributed by atoms with Gasteiger partial charge in [0.2, 0.25) is 0 Å². The molecule has 1 N–H and O–H groups in total. The third-order valence-electron chi connectivity index (χ3n) is 0. The SMILES string of the molecule is [Cl][Mn].[O]=[Zn][OH]. The predicted molar refractivity (Wildman–Crippen MR) is 8.76 cm³/mol. The van der Waals surface area contributed by atoms with Crippen molar-refractivity contribution in [2.45, 2.75) is 0 Å². The van der Waals surface area contributed by atoms with E-state index < -0.39 is 17.4 Å². The summed E-state index contributed by atoms with van der Waals surface area (Å²) in [5.74, 6) is 0. The van der Waals surface area contributed by atoms with Gasteiger partial charge >= 0.3 is 50.1 Å². The third-order valence-corrected chi connectivity index (χ3v) is 0. The molecule has 0 heterocycles. The Labute approximate surface area is 50.2 Å². The van der Waals surface area contributed by atoms with Gasteiger partial charge in [0.25, 0.3) is 0 Å². The van der Waals surface area contributed by atoms with Crippen molar-refractivity contribution in [1.82, 2.24) is 0 Å². The number of rotatable bonds is 0. The number of halogens is 1. The van der Waals surface area contributed by atoms with E-state index in [2.05, 4.69) is 25.2 Å². The first kappa shape index (κ1) is 9.50. The molecule has 0 aliphatic rings. The second kappa shape index (κ2) is 19.0. The molecule has 0 saturated heterocycles. The summed E-state index contributed by atoms with van der Waals surface area (Å²) < 4.78 is 15.9. The molecule has 0 aromatic carbocycles. The van der Waals surface area contributed by atoms with Gasteiger partial charge in [-0.2, -0.15) is 0 Å². The van der Waals surface area contributed by atoms with Crippen molar-refractivity contribution in [3.05, 3.63) is 0 Å². The summed E-state index contributed by atoms with van der Waals surface area (Å²) in [5, 5.41) is 0. The summed E-state index contributed by atoms with van der Waals surface area (Å²) >= 11 is 0.285. The van der Waals surface area contributed by atoms with Gasteiger partial charge in [-0.15, -0.1) is 0 Å². The van der Waals surface area contributed by atoms with Crippen LogP contribution in [0.1, 0.15) is 0 Å². The van der Waals surface area contributed by atoms with Gasteiger partial charge in [-0.3, -0.25) is 0 Å². The molecule has 0 radical (unpaired) electrons. The van der Waals surface area contributed by atoms with E-state index in [1.165, 1.54) is 0 Å². The van der Waals surface area contributed by atoms with Gasteiger partial charge in [0.1, 0.15) is 0 Å². The zero-order valence-electron chi connectivity index (χ0n) is 2.32. The van der Waals surface area contributed by atoms with Crippen LogP contribution < -0.4 is 0 Å². The van der Waals surface area contributed by atoms with Gasteiger partial charge in [0.05, 0.1) is 0 Å². The Bertz CT molecular complexity index is 17.1. The summed E-state index contributed by atoms with van der Waals surface area (Å²) in [6.45, 7) is 0. The Morgan fingerprint density at radius 1 is 1.80 bits per heavy atom. The topological polar surface area (TPSA) is 37.3 Å². The van der Waals surface area contributed by atoms with Crippen LogP contribution in [0.5, 0.6) is 0 Å². The van der Waals surface area contributed by atoms with Crippen molar-refractivity contribution in [3.8, 4) is 0 Å². The molecule has 5 heavy (non-hydrogen) atoms. The molecule has 0 rings (SSSR count). The van der Waals surface area contributed by atoms with Crippen LogP contribution in [-0.2, 0) is 36.1 Å². The normalized spacial score (nSPS) is 3.00. The summed E-state index contributed by atoms with van der Waals surface area (Å²) in [6.07, 6.45) is 0. The van der Waals surface area contributed by atoms with Crippen LogP contribution in [-0.4, -0.2) is 3.93 Å². The zero-order chi connectivity index (χ0) is 4.71. The molecule has 5 heteroatoms. The predicted octanol–water partition coefficient (Wildman–Crippen LogP) is 0.00870. The molecule has 0 unspecified atom stereocenters. The maximum absolute atomic E-state index is 8.67. The Morgan fingerprint density at radius 3 is 1.80 bits per heavy atom. The van der Waals surface area contributed by atoms with E-state index in [0.717, 1.165) is 0 Å². The van der Waals surface area contributed by atoms with E-state index in [0.29, 0.717) is 0 Å². The maximum atomic E-state index is 8.67. The van der Waals surface area contributed by atoms with E-state index in [1.807, 2.05) is 0 Å². The molecule has 0 atom stereocenters. The first-order valence-corrected chi connectivity index (χ1v) is 4.91. The summed E-state index contributed by atoms with van der Waals surface area (Å²) in [4.78, 5) is 0. The molecular formula is HClMnO2Zn. The molecule has 0 aromatic heterocycles. The minimum atomic E-state index is -2.12. The van der Waals surface area contributed by atoms with Gasteiger partial charge in [0.15, 0.2) is 0 Å². The molecule has 0 aromatic rings. The molecule has 2 nitrogen and oxygen atoms in total. The third kappa shape index (κ3) is 37.2. The molecule has 0 fully saturated rings. The van der Waals surface area contributed by atoms with E-state index in [4.69, 9.17) is 7.51 Å². The molecule has 0 spiro atoms. The van der Waals surface area contributed by atoms with Crippen LogP contribution in [0, 0.1) is 0 Å². The van der Waals surface area contributed by atoms with Gasteiger partial charge in [0, 0.05) is 0 Å². The number of hydrogen-bond donors (Lipinski definition) is 1. The van der Waals surface area contributed by atoms with Crippen molar-refractivity contribution in [1.29, 1.82) is 0 Å². The fraction of sp³-hybridized carbons (Fsp3) is 0. The van der Waals surface area contributed by atoms with Crippen molar-refractivity contribution >= 4 is 10.1 Å². The van der Waals surface area contributed by atoms with E-state index >= 15 is 0 Å². The average molecular weight is 189 g/mol. The van der Waals surface area contributed by atoms with Gasteiger partial charge < -0.3 is 0 Å². The van der Waals surface area contributed by atoms with Gasteiger partial charge in [-0.05, 0) is 0 Å². The second-order valence-corrected chi connectivity index (χ2v) is 0.671. The van der Waals surface area contributed by atoms with E-state index in [-0.39, 0.29) is 0 Å². The second-order valence-electron chi connectivity index (χ2n) is 0.129. The van der Waals surface area contributed by atoms with Crippen LogP contribution in [0.25, 0.3) is 0 Å². The average Bonchev–Trinajstić information content (AvgIpc) is 1.46. The molecule has 0 saturated carbocycles. The molecular weight excluding hydrogens is 188 g/mol. The first-order chi connectivity index (χ1) is 2.41. The van der Waals surface area contributed by atoms with Crippen LogP contribution in [0.4, 0.5) is 0 Å². The quantitative estimate of drug-likeness (QED) is 0.544. The van der Waals surface area contributed by atoms with Crippen LogP contribution in [0.15, 0.2) is 0 Å². The van der Waals surface area contributed by atoms with Gasteiger partial charge in [-0.1, -0.05) is 0 Å². The van der Waals surface area contributed by atoms with Gasteiger partial charge in [-0.25, -0.2) is 0 Å². The summed E-state index contributed by atoms with van der Waals surface area (Å²) in [7, 11) is 4.45. The monoisotopic (exact) mass is 187 g/mol. The number of hydrogen-bond acceptors (Lipinski definition) is 1. The Balaban J connectivity index is 0. The standard InChI is InChI=1S/ClH.Mn.H2O.O.Zn/h1H;;1H2;;/q;+1;;;+1/p-2. The molecule has 0 aliphatic heterocycles. The van der Waals surface area contributed by atoms with E-state index in [1.54, 1.807) is 0 Å². The Hall–Kier alpha value is 1.19. The summed E-state index contributed by atoms with van der Waals surface area (Å²) in [5.41, 5.74) is 0. The zero-order valence-corrected chi connectivity index (χ0v) is 7.22. The van der Waals surface area contributed by atoms with E-state index in [9.17, 15) is 0 Å². The van der Waals surface area contributed by atoms with Crippen molar-refractivity contribution < 1.29 is 40.0 Å². The minimum absolute atomic E-state index is 2.12. The first-order valence-electron chi connectivity index (χ1n) is 0.748. The van der Waals surface area contributed by atoms with Crippen molar-refractivity contribution in [2.75, 3.05) is 0 Å². The van der Waals surface area contributed by atoms with Crippen molar-refractivity contribution in [2.24, 2.45) is 0 Å². The fourth-order valence-corrected chi connectivity index (χ4v) is 0. The molecule has 0 aliphatic carbocycles. The fourth-order valence-electron chi connectivity index (χ4n) is 0. The Morgan fingerprint density at radius 2 is 1.80 bits per heavy atom. The molecule has 29 valence electrons. The van der Waals surface area contributed by atoms with Crippen molar-refractivity contribution in [3.63, 3.8) is 0 Å². The van der Waals surface area contributed by atoms with Crippen LogP contribution >= 0.6 is 10.1 Å². The molecule has 0 amide bonds. The summed E-state index contributed by atoms with van der Waals surface area (Å²) in [6, 6.07) is 0. The van der Waals surface area contributed by atoms with Crippen LogP contribution in [0.2, 0.25) is 0 Å². The molecule has 0 bridgehead atoms. The Kier molecular flexibility index (Phi) is 36.1.